The molecule has 1 aromatic carbocycles. The first kappa shape index (κ1) is 16.2. The minimum atomic E-state index is -0.935. The second kappa shape index (κ2) is 7.65. The van der Waals surface area contributed by atoms with E-state index in [2.05, 4.69) is 5.32 Å². The van der Waals surface area contributed by atoms with Gasteiger partial charge in [-0.3, -0.25) is 9.59 Å². The van der Waals surface area contributed by atoms with E-state index >= 15 is 0 Å². The second-order valence-corrected chi connectivity index (χ2v) is 4.97. The first-order valence-electron chi connectivity index (χ1n) is 6.59. The van der Waals surface area contributed by atoms with Crippen molar-refractivity contribution < 1.29 is 19.4 Å². The molecule has 5 nitrogen and oxygen atoms in total. The average Bonchev–Trinajstić information content (AvgIpc) is 2.45. The van der Waals surface area contributed by atoms with Crippen LogP contribution in [0.2, 0.25) is 0 Å². The van der Waals surface area contributed by atoms with Crippen LogP contribution in [0.25, 0.3) is 0 Å². The number of rotatable bonds is 8. The van der Waals surface area contributed by atoms with Gasteiger partial charge in [0.15, 0.2) is 0 Å². The van der Waals surface area contributed by atoms with Crippen molar-refractivity contribution in [3.63, 3.8) is 0 Å². The molecule has 0 radical (unpaired) electrons. The van der Waals surface area contributed by atoms with Crippen molar-refractivity contribution >= 4 is 11.9 Å². The van der Waals surface area contributed by atoms with Gasteiger partial charge in [0.1, 0.15) is 6.61 Å². The van der Waals surface area contributed by atoms with Crippen molar-refractivity contribution in [2.45, 2.75) is 26.9 Å². The highest BCUT2D eigenvalue weighted by Crippen LogP contribution is 2.19. The summed E-state index contributed by atoms with van der Waals surface area (Å²) < 4.78 is 5.28. The topological polar surface area (TPSA) is 75.6 Å². The van der Waals surface area contributed by atoms with Crippen molar-refractivity contribution in [3.8, 4) is 0 Å². The monoisotopic (exact) mass is 279 g/mol. The van der Waals surface area contributed by atoms with Crippen LogP contribution >= 0.6 is 0 Å². The van der Waals surface area contributed by atoms with Gasteiger partial charge in [-0.2, -0.15) is 0 Å². The van der Waals surface area contributed by atoms with E-state index in [0.29, 0.717) is 13.0 Å². The molecule has 0 bridgehead atoms. The molecular weight excluding hydrogens is 258 g/mol. The molecule has 0 saturated carbocycles. The Labute approximate surface area is 118 Å². The molecule has 1 atom stereocenters. The average molecular weight is 279 g/mol. The number of benzene rings is 1. The first-order chi connectivity index (χ1) is 9.48. The zero-order chi connectivity index (χ0) is 15.0. The van der Waals surface area contributed by atoms with Crippen LogP contribution in [0.1, 0.15) is 25.8 Å². The Morgan fingerprint density at radius 3 is 2.50 bits per heavy atom. The lowest BCUT2D eigenvalue weighted by Gasteiger charge is -2.23. The van der Waals surface area contributed by atoms with Crippen LogP contribution < -0.4 is 5.32 Å². The van der Waals surface area contributed by atoms with Gasteiger partial charge in [-0.15, -0.1) is 0 Å². The van der Waals surface area contributed by atoms with Gasteiger partial charge in [-0.05, 0) is 18.9 Å². The van der Waals surface area contributed by atoms with E-state index in [-0.39, 0.29) is 19.1 Å². The molecule has 2 N–H and O–H groups in total. The predicted molar refractivity (Wildman–Crippen MR) is 75.1 cm³/mol. The molecule has 5 heteroatoms. The van der Waals surface area contributed by atoms with Crippen LogP contribution in [-0.4, -0.2) is 30.1 Å². The summed E-state index contributed by atoms with van der Waals surface area (Å²) in [5.74, 6) is -1.22. The number of carbonyl (C=O) groups is 2. The van der Waals surface area contributed by atoms with Crippen molar-refractivity contribution in [1.29, 1.82) is 0 Å². The Kier molecular flexibility index (Phi) is 6.18. The lowest BCUT2D eigenvalue weighted by Crippen LogP contribution is -2.41. The van der Waals surface area contributed by atoms with Crippen molar-refractivity contribution in [2.75, 3.05) is 13.2 Å². The van der Waals surface area contributed by atoms with E-state index in [0.717, 1.165) is 5.56 Å². The Hall–Kier alpha value is -1.88. The summed E-state index contributed by atoms with van der Waals surface area (Å²) in [5.41, 5.74) is 0.0546. The molecule has 0 aliphatic rings. The maximum atomic E-state index is 11.6. The van der Waals surface area contributed by atoms with Gasteiger partial charge >= 0.3 is 5.97 Å². The third-order valence-corrected chi connectivity index (χ3v) is 3.32. The molecular formula is C15H21NO4. The standard InChI is InChI=1S/C15H21NO4/c1-3-15(2,14(18)19)11-16-13(17)10-20-9-12-7-5-4-6-8-12/h4-8H,3,9-11H2,1-2H3,(H,16,17)(H,18,19). The largest absolute Gasteiger partial charge is 0.481 e. The summed E-state index contributed by atoms with van der Waals surface area (Å²) in [6.07, 6.45) is 0.452. The van der Waals surface area contributed by atoms with Gasteiger partial charge in [0.05, 0.1) is 12.0 Å². The maximum absolute atomic E-state index is 11.6. The predicted octanol–water partition coefficient (Wildman–Crippen LogP) is 1.82. The lowest BCUT2D eigenvalue weighted by molar-refractivity contribution is -0.148. The fraction of sp³-hybridized carbons (Fsp3) is 0.467. The molecule has 20 heavy (non-hydrogen) atoms. The Morgan fingerprint density at radius 2 is 1.95 bits per heavy atom. The third kappa shape index (κ3) is 5.01. The normalized spacial score (nSPS) is 13.5. The van der Waals surface area contributed by atoms with Crippen molar-refractivity contribution in [3.05, 3.63) is 35.9 Å². The fourth-order valence-corrected chi connectivity index (χ4v) is 1.53. The van der Waals surface area contributed by atoms with Gasteiger partial charge < -0.3 is 15.2 Å². The number of carboxylic acid groups (broad SMARTS) is 1. The van der Waals surface area contributed by atoms with E-state index < -0.39 is 11.4 Å². The lowest BCUT2D eigenvalue weighted by atomic mass is 9.88. The molecule has 0 fully saturated rings. The third-order valence-electron chi connectivity index (χ3n) is 3.32. The number of carboxylic acids is 1. The molecule has 0 spiro atoms. The SMILES string of the molecule is CCC(C)(CNC(=O)COCc1ccccc1)C(=O)O. The zero-order valence-corrected chi connectivity index (χ0v) is 11.9. The number of amides is 1. The minimum absolute atomic E-state index is 0.0751. The fourth-order valence-electron chi connectivity index (χ4n) is 1.53. The van der Waals surface area contributed by atoms with E-state index in [1.165, 1.54) is 0 Å². The molecule has 0 aromatic heterocycles. The number of aliphatic carboxylic acids is 1. The maximum Gasteiger partial charge on any atom is 0.311 e. The Balaban J connectivity index is 2.29. The molecule has 1 aromatic rings. The summed E-state index contributed by atoms with van der Waals surface area (Å²) in [5, 5.41) is 11.7. The van der Waals surface area contributed by atoms with Crippen LogP contribution in [0.3, 0.4) is 0 Å². The number of hydrogen-bond acceptors (Lipinski definition) is 3. The van der Waals surface area contributed by atoms with E-state index in [9.17, 15) is 9.59 Å². The van der Waals surface area contributed by atoms with Crippen LogP contribution in [0.4, 0.5) is 0 Å². The molecule has 1 rings (SSSR count). The molecule has 110 valence electrons. The second-order valence-electron chi connectivity index (χ2n) is 4.97. The molecule has 1 amide bonds. The van der Waals surface area contributed by atoms with E-state index in [4.69, 9.17) is 9.84 Å². The zero-order valence-electron chi connectivity index (χ0n) is 11.9. The minimum Gasteiger partial charge on any atom is -0.481 e. The number of nitrogens with one attached hydrogen (secondary N) is 1. The number of ether oxygens (including phenoxy) is 1. The molecule has 0 aliphatic carbocycles. The highest BCUT2D eigenvalue weighted by atomic mass is 16.5. The molecule has 0 heterocycles. The van der Waals surface area contributed by atoms with Gasteiger partial charge in [0.2, 0.25) is 5.91 Å². The van der Waals surface area contributed by atoms with E-state index in [1.807, 2.05) is 30.3 Å². The van der Waals surface area contributed by atoms with Crippen molar-refractivity contribution in [2.24, 2.45) is 5.41 Å². The van der Waals surface area contributed by atoms with Crippen LogP contribution in [-0.2, 0) is 20.9 Å². The van der Waals surface area contributed by atoms with Crippen LogP contribution in [0.15, 0.2) is 30.3 Å². The highest BCUT2D eigenvalue weighted by molar-refractivity contribution is 5.79. The first-order valence-corrected chi connectivity index (χ1v) is 6.59. The van der Waals surface area contributed by atoms with Crippen LogP contribution in [0.5, 0.6) is 0 Å². The summed E-state index contributed by atoms with van der Waals surface area (Å²) in [4.78, 5) is 22.7. The number of hydrogen-bond donors (Lipinski definition) is 2. The summed E-state index contributed by atoms with van der Waals surface area (Å²) in [6, 6.07) is 9.54. The summed E-state index contributed by atoms with van der Waals surface area (Å²) in [7, 11) is 0. The quantitative estimate of drug-likeness (QED) is 0.761. The smallest absolute Gasteiger partial charge is 0.311 e. The summed E-state index contributed by atoms with van der Waals surface area (Å²) in [6.45, 7) is 3.78. The van der Waals surface area contributed by atoms with Crippen molar-refractivity contribution in [1.82, 2.24) is 5.32 Å². The molecule has 0 saturated heterocycles. The Bertz CT molecular complexity index is 446. The van der Waals surface area contributed by atoms with Gasteiger partial charge in [-0.1, -0.05) is 37.3 Å². The highest BCUT2D eigenvalue weighted by Gasteiger charge is 2.31. The molecule has 0 aliphatic heterocycles. The van der Waals surface area contributed by atoms with Crippen LogP contribution in [0, 0.1) is 5.41 Å². The van der Waals surface area contributed by atoms with Gasteiger partial charge in [0.25, 0.3) is 0 Å². The molecule has 1 unspecified atom stereocenters. The van der Waals surface area contributed by atoms with E-state index in [1.54, 1.807) is 13.8 Å². The number of carbonyl (C=O) groups excluding carboxylic acids is 1. The van der Waals surface area contributed by atoms with Gasteiger partial charge in [-0.25, -0.2) is 0 Å². The summed E-state index contributed by atoms with van der Waals surface area (Å²) >= 11 is 0. The van der Waals surface area contributed by atoms with Gasteiger partial charge in [0, 0.05) is 6.54 Å². The Morgan fingerprint density at radius 1 is 1.30 bits per heavy atom.